The van der Waals surface area contributed by atoms with Crippen LogP contribution >= 0.6 is 0 Å². The van der Waals surface area contributed by atoms with Crippen molar-refractivity contribution in [2.45, 2.75) is 25.3 Å². The smallest absolute Gasteiger partial charge is 0.222 e. The normalized spacial score (nSPS) is 23.7. The van der Waals surface area contributed by atoms with Crippen LogP contribution in [0.3, 0.4) is 0 Å². The summed E-state index contributed by atoms with van der Waals surface area (Å²) in [6.45, 7) is 3.72. The van der Waals surface area contributed by atoms with Gasteiger partial charge in [0.15, 0.2) is 0 Å². The number of amides is 1. The lowest BCUT2D eigenvalue weighted by atomic mass is 9.77. The largest absolute Gasteiger partial charge is 0.383 e. The van der Waals surface area contributed by atoms with Crippen LogP contribution in [0.4, 0.5) is 0 Å². The van der Waals surface area contributed by atoms with E-state index in [0.717, 1.165) is 39.1 Å². The van der Waals surface area contributed by atoms with Crippen LogP contribution in [0, 0.1) is 5.41 Å². The standard InChI is InChI=1S/C18H26N2O2/c1-19-12-18(10-16(19)11-22-2)13-20(14-18)17(21)9-8-15-6-4-3-5-7-15/h3-7,16H,8-14H2,1-2H3. The van der Waals surface area contributed by atoms with Gasteiger partial charge in [0.1, 0.15) is 0 Å². The van der Waals surface area contributed by atoms with Crippen molar-refractivity contribution in [2.24, 2.45) is 5.41 Å². The third kappa shape index (κ3) is 3.18. The van der Waals surface area contributed by atoms with E-state index in [1.54, 1.807) is 7.11 Å². The number of methoxy groups -OCH3 is 1. The van der Waals surface area contributed by atoms with E-state index < -0.39 is 0 Å². The van der Waals surface area contributed by atoms with Gasteiger partial charge in [0.25, 0.3) is 0 Å². The molecule has 0 aliphatic carbocycles. The first-order valence-corrected chi connectivity index (χ1v) is 8.13. The Morgan fingerprint density at radius 1 is 1.27 bits per heavy atom. The highest BCUT2D eigenvalue weighted by Crippen LogP contribution is 2.42. The average Bonchev–Trinajstić information content (AvgIpc) is 2.82. The lowest BCUT2D eigenvalue weighted by Gasteiger charge is -2.48. The first-order chi connectivity index (χ1) is 10.6. The van der Waals surface area contributed by atoms with Gasteiger partial charge in [-0.25, -0.2) is 0 Å². The van der Waals surface area contributed by atoms with E-state index in [1.165, 1.54) is 5.56 Å². The predicted octanol–water partition coefficient (Wildman–Crippen LogP) is 1.80. The van der Waals surface area contributed by atoms with E-state index in [2.05, 4.69) is 24.1 Å². The maximum absolute atomic E-state index is 12.3. The summed E-state index contributed by atoms with van der Waals surface area (Å²) in [6, 6.07) is 10.8. The molecule has 3 rings (SSSR count). The second kappa shape index (κ2) is 6.39. The molecule has 4 heteroatoms. The number of likely N-dealkylation sites (tertiary alicyclic amines) is 2. The van der Waals surface area contributed by atoms with Crippen LogP contribution < -0.4 is 0 Å². The van der Waals surface area contributed by atoms with Crippen LogP contribution in [-0.4, -0.2) is 62.1 Å². The van der Waals surface area contributed by atoms with E-state index >= 15 is 0 Å². The molecule has 0 saturated carbocycles. The molecule has 2 aliphatic heterocycles. The zero-order chi connectivity index (χ0) is 15.6. The Kier molecular flexibility index (Phi) is 4.50. The van der Waals surface area contributed by atoms with Gasteiger partial charge >= 0.3 is 0 Å². The summed E-state index contributed by atoms with van der Waals surface area (Å²) in [7, 11) is 3.93. The summed E-state index contributed by atoms with van der Waals surface area (Å²) >= 11 is 0. The minimum absolute atomic E-state index is 0.298. The summed E-state index contributed by atoms with van der Waals surface area (Å²) in [5.74, 6) is 0.298. The van der Waals surface area contributed by atoms with Crippen molar-refractivity contribution in [3.05, 3.63) is 35.9 Å². The molecular formula is C18H26N2O2. The van der Waals surface area contributed by atoms with Gasteiger partial charge in [-0.3, -0.25) is 4.79 Å². The number of carbonyl (C=O) groups excluding carboxylic acids is 1. The Hall–Kier alpha value is -1.39. The molecule has 1 atom stereocenters. The maximum atomic E-state index is 12.3. The fourth-order valence-corrected chi connectivity index (χ4v) is 3.98. The molecule has 1 aromatic carbocycles. The monoisotopic (exact) mass is 302 g/mol. The molecule has 2 fully saturated rings. The van der Waals surface area contributed by atoms with Crippen LogP contribution in [0.25, 0.3) is 0 Å². The quantitative estimate of drug-likeness (QED) is 0.831. The molecular weight excluding hydrogens is 276 g/mol. The van der Waals surface area contributed by atoms with Gasteiger partial charge in [-0.05, 0) is 25.5 Å². The molecule has 22 heavy (non-hydrogen) atoms. The van der Waals surface area contributed by atoms with Gasteiger partial charge in [-0.1, -0.05) is 30.3 Å². The number of rotatable bonds is 5. The fourth-order valence-electron chi connectivity index (χ4n) is 3.98. The lowest BCUT2D eigenvalue weighted by Crippen LogP contribution is -2.59. The number of carbonyl (C=O) groups is 1. The molecule has 0 radical (unpaired) electrons. The summed E-state index contributed by atoms with van der Waals surface area (Å²) < 4.78 is 5.30. The van der Waals surface area contributed by atoms with Crippen molar-refractivity contribution < 1.29 is 9.53 Å². The van der Waals surface area contributed by atoms with Gasteiger partial charge in [0, 0.05) is 44.6 Å². The average molecular weight is 302 g/mol. The van der Waals surface area contributed by atoms with Gasteiger partial charge in [-0.2, -0.15) is 0 Å². The molecule has 4 nitrogen and oxygen atoms in total. The first-order valence-electron chi connectivity index (χ1n) is 8.13. The number of hydrogen-bond donors (Lipinski definition) is 0. The maximum Gasteiger partial charge on any atom is 0.222 e. The number of hydrogen-bond acceptors (Lipinski definition) is 3. The molecule has 1 aromatic rings. The van der Waals surface area contributed by atoms with Gasteiger partial charge in [-0.15, -0.1) is 0 Å². The van der Waals surface area contributed by atoms with E-state index in [1.807, 2.05) is 23.1 Å². The number of benzene rings is 1. The first kappa shape index (κ1) is 15.5. The zero-order valence-electron chi connectivity index (χ0n) is 13.6. The van der Waals surface area contributed by atoms with E-state index in [9.17, 15) is 4.79 Å². The van der Waals surface area contributed by atoms with E-state index in [-0.39, 0.29) is 0 Å². The Morgan fingerprint density at radius 3 is 2.68 bits per heavy atom. The van der Waals surface area contributed by atoms with Crippen molar-refractivity contribution in [3.63, 3.8) is 0 Å². The molecule has 120 valence electrons. The van der Waals surface area contributed by atoms with Crippen molar-refractivity contribution in [3.8, 4) is 0 Å². The molecule has 0 aromatic heterocycles. The van der Waals surface area contributed by atoms with Crippen LogP contribution in [0.2, 0.25) is 0 Å². The van der Waals surface area contributed by atoms with Crippen molar-refractivity contribution >= 4 is 5.91 Å². The minimum atomic E-state index is 0.298. The van der Waals surface area contributed by atoms with Crippen molar-refractivity contribution in [2.75, 3.05) is 40.4 Å². The molecule has 0 N–H and O–H groups in total. The Bertz CT molecular complexity index is 511. The molecule has 2 heterocycles. The third-order valence-electron chi connectivity index (χ3n) is 5.11. The number of nitrogens with zero attached hydrogens (tertiary/aromatic N) is 2. The summed E-state index contributed by atoms with van der Waals surface area (Å²) in [5.41, 5.74) is 1.56. The van der Waals surface area contributed by atoms with Crippen LogP contribution in [0.15, 0.2) is 30.3 Å². The summed E-state index contributed by atoms with van der Waals surface area (Å²) in [6.07, 6.45) is 2.62. The summed E-state index contributed by atoms with van der Waals surface area (Å²) in [4.78, 5) is 16.7. The topological polar surface area (TPSA) is 32.8 Å². The Morgan fingerprint density at radius 2 is 2.00 bits per heavy atom. The number of likely N-dealkylation sites (N-methyl/N-ethyl adjacent to an activating group) is 1. The fraction of sp³-hybridized carbons (Fsp3) is 0.611. The zero-order valence-corrected chi connectivity index (χ0v) is 13.6. The number of aryl methyl sites for hydroxylation is 1. The second-order valence-electron chi connectivity index (χ2n) is 6.96. The Balaban J connectivity index is 1.46. The molecule has 0 bridgehead atoms. The SMILES string of the molecule is COCC1CC2(CN(C(=O)CCc3ccccc3)C2)CN1C. The second-order valence-corrected chi connectivity index (χ2v) is 6.96. The minimum Gasteiger partial charge on any atom is -0.383 e. The highest BCUT2D eigenvalue weighted by Gasteiger charge is 2.51. The molecule has 2 aliphatic rings. The van der Waals surface area contributed by atoms with E-state index in [0.29, 0.717) is 23.8 Å². The molecule has 1 amide bonds. The van der Waals surface area contributed by atoms with Crippen LogP contribution in [-0.2, 0) is 16.0 Å². The van der Waals surface area contributed by atoms with Crippen molar-refractivity contribution in [1.82, 2.24) is 9.80 Å². The van der Waals surface area contributed by atoms with Gasteiger partial charge in [0.2, 0.25) is 5.91 Å². The Labute approximate surface area is 133 Å². The predicted molar refractivity (Wildman–Crippen MR) is 86.7 cm³/mol. The summed E-state index contributed by atoms with van der Waals surface area (Å²) in [5, 5.41) is 0. The van der Waals surface area contributed by atoms with Crippen LogP contribution in [0.1, 0.15) is 18.4 Å². The van der Waals surface area contributed by atoms with Crippen LogP contribution in [0.5, 0.6) is 0 Å². The third-order valence-corrected chi connectivity index (χ3v) is 5.11. The lowest BCUT2D eigenvalue weighted by molar-refractivity contribution is -0.142. The molecule has 1 unspecified atom stereocenters. The van der Waals surface area contributed by atoms with Crippen molar-refractivity contribution in [1.29, 1.82) is 0 Å². The highest BCUT2D eigenvalue weighted by molar-refractivity contribution is 5.77. The number of ether oxygens (including phenoxy) is 1. The highest BCUT2D eigenvalue weighted by atomic mass is 16.5. The molecule has 2 saturated heterocycles. The van der Waals surface area contributed by atoms with Gasteiger partial charge < -0.3 is 14.5 Å². The molecule has 1 spiro atoms. The van der Waals surface area contributed by atoms with E-state index in [4.69, 9.17) is 4.74 Å². The van der Waals surface area contributed by atoms with Gasteiger partial charge in [0.05, 0.1) is 6.61 Å².